The van der Waals surface area contributed by atoms with Gasteiger partial charge < -0.3 is 5.32 Å². The topological polar surface area (TPSA) is 113 Å². The Morgan fingerprint density at radius 1 is 0.861 bits per heavy atom. The second-order valence-corrected chi connectivity index (χ2v) is 12.6. The fourth-order valence-corrected chi connectivity index (χ4v) is 6.11. The monoisotopic (exact) mass is 549 g/mol. The van der Waals surface area contributed by atoms with E-state index in [0.29, 0.717) is 22.1 Å². The Labute approximate surface area is 217 Å². The largest absolute Gasteiger partial charge is 0.324 e. The normalized spacial score (nSPS) is 12.6. The van der Waals surface area contributed by atoms with Crippen molar-refractivity contribution in [1.82, 2.24) is 0 Å². The van der Waals surface area contributed by atoms with Gasteiger partial charge in [-0.05, 0) is 92.9 Å². The van der Waals surface area contributed by atoms with E-state index < -0.39 is 32.0 Å². The summed E-state index contributed by atoms with van der Waals surface area (Å²) in [5.74, 6) is -0.567. The fraction of sp³-hybridized carbons (Fsp3) is 0.240. The maximum atomic E-state index is 13.0. The van der Waals surface area contributed by atoms with Crippen molar-refractivity contribution in [2.45, 2.75) is 38.6 Å². The van der Waals surface area contributed by atoms with Crippen molar-refractivity contribution in [3.05, 3.63) is 82.4 Å². The smallest absolute Gasteiger partial charge is 0.261 e. The molecule has 0 aliphatic carbocycles. The summed E-state index contributed by atoms with van der Waals surface area (Å²) in [7, 11) is -7.66. The summed E-state index contributed by atoms with van der Waals surface area (Å²) < 4.78 is 54.1. The van der Waals surface area contributed by atoms with E-state index in [4.69, 9.17) is 11.6 Å². The Balaban J connectivity index is 1.78. The molecule has 1 atom stereocenters. The molecule has 0 aromatic heterocycles. The van der Waals surface area contributed by atoms with Gasteiger partial charge in [0.2, 0.25) is 15.9 Å². The van der Waals surface area contributed by atoms with Gasteiger partial charge in [-0.1, -0.05) is 23.7 Å². The van der Waals surface area contributed by atoms with Crippen LogP contribution in [0.3, 0.4) is 0 Å². The highest BCUT2D eigenvalue weighted by Gasteiger charge is 2.29. The van der Waals surface area contributed by atoms with Gasteiger partial charge in [-0.15, -0.1) is 0 Å². The molecule has 0 radical (unpaired) electrons. The summed E-state index contributed by atoms with van der Waals surface area (Å²) in [5.41, 5.74) is 3.58. The molecule has 0 aliphatic rings. The minimum Gasteiger partial charge on any atom is -0.324 e. The van der Waals surface area contributed by atoms with Crippen LogP contribution in [0.4, 0.5) is 17.1 Å². The Hall–Kier alpha value is -3.08. The lowest BCUT2D eigenvalue weighted by Gasteiger charge is -2.28. The van der Waals surface area contributed by atoms with Crippen molar-refractivity contribution in [2.75, 3.05) is 20.6 Å². The first-order valence-corrected chi connectivity index (χ1v) is 14.7. The number of benzene rings is 3. The van der Waals surface area contributed by atoms with Crippen LogP contribution in [0.25, 0.3) is 0 Å². The number of anilines is 3. The summed E-state index contributed by atoms with van der Waals surface area (Å²) in [6, 6.07) is 14.6. The first kappa shape index (κ1) is 27.5. The number of aryl methyl sites for hydroxylation is 3. The Kier molecular flexibility index (Phi) is 8.02. The van der Waals surface area contributed by atoms with Crippen LogP contribution >= 0.6 is 11.6 Å². The van der Waals surface area contributed by atoms with E-state index in [9.17, 15) is 21.6 Å². The van der Waals surface area contributed by atoms with Crippen molar-refractivity contribution in [3.63, 3.8) is 0 Å². The maximum Gasteiger partial charge on any atom is 0.261 e. The predicted molar refractivity (Wildman–Crippen MR) is 145 cm³/mol. The van der Waals surface area contributed by atoms with Gasteiger partial charge in [0.05, 0.1) is 22.5 Å². The molecule has 0 fully saturated rings. The molecule has 3 aromatic carbocycles. The quantitative estimate of drug-likeness (QED) is 0.416. The van der Waals surface area contributed by atoms with Crippen LogP contribution in [-0.4, -0.2) is 35.0 Å². The van der Waals surface area contributed by atoms with Gasteiger partial charge in [0.1, 0.15) is 6.04 Å². The van der Waals surface area contributed by atoms with Crippen LogP contribution in [0, 0.1) is 20.8 Å². The number of halogens is 1. The highest BCUT2D eigenvalue weighted by atomic mass is 35.5. The van der Waals surface area contributed by atoms with Crippen LogP contribution in [0.1, 0.15) is 23.6 Å². The van der Waals surface area contributed by atoms with E-state index in [1.807, 2.05) is 26.8 Å². The lowest BCUT2D eigenvalue weighted by molar-refractivity contribution is -0.116. The van der Waals surface area contributed by atoms with E-state index in [-0.39, 0.29) is 4.90 Å². The average molecular weight is 550 g/mol. The van der Waals surface area contributed by atoms with Crippen LogP contribution in [-0.2, 0) is 24.8 Å². The van der Waals surface area contributed by atoms with Crippen molar-refractivity contribution in [1.29, 1.82) is 0 Å². The highest BCUT2D eigenvalue weighted by Crippen LogP contribution is 2.26. The minimum atomic E-state index is -3.89. The van der Waals surface area contributed by atoms with Gasteiger partial charge in [-0.3, -0.25) is 13.8 Å². The zero-order valence-corrected chi connectivity index (χ0v) is 22.9. The molecular weight excluding hydrogens is 522 g/mol. The van der Waals surface area contributed by atoms with Crippen LogP contribution < -0.4 is 14.3 Å². The number of sulfonamides is 2. The molecule has 192 valence electrons. The van der Waals surface area contributed by atoms with E-state index in [1.165, 1.54) is 37.3 Å². The molecule has 8 nitrogen and oxygen atoms in total. The molecule has 0 spiro atoms. The zero-order chi connectivity index (χ0) is 26.8. The first-order valence-electron chi connectivity index (χ1n) is 10.9. The third-order valence-corrected chi connectivity index (χ3v) is 8.45. The van der Waals surface area contributed by atoms with E-state index in [0.717, 1.165) is 27.3 Å². The molecule has 11 heteroatoms. The number of carbonyl (C=O) groups is 1. The molecule has 0 bridgehead atoms. The molecule has 0 saturated heterocycles. The van der Waals surface area contributed by atoms with Crippen LogP contribution in [0.5, 0.6) is 0 Å². The number of nitrogens with one attached hydrogen (secondary N) is 2. The summed E-state index contributed by atoms with van der Waals surface area (Å²) in [4.78, 5) is 13.0. The average Bonchev–Trinajstić information content (AvgIpc) is 2.75. The number of hydrogen-bond donors (Lipinski definition) is 2. The highest BCUT2D eigenvalue weighted by molar-refractivity contribution is 7.92. The molecule has 36 heavy (non-hydrogen) atoms. The molecule has 2 N–H and O–H groups in total. The Morgan fingerprint density at radius 2 is 1.42 bits per heavy atom. The van der Waals surface area contributed by atoms with Gasteiger partial charge in [0.25, 0.3) is 10.0 Å². The molecular formula is C25H28ClN3O5S2. The lowest BCUT2D eigenvalue weighted by Crippen LogP contribution is -2.45. The molecule has 0 heterocycles. The number of rotatable bonds is 8. The molecule has 3 rings (SSSR count). The molecule has 3 aromatic rings. The Morgan fingerprint density at radius 3 is 1.94 bits per heavy atom. The predicted octanol–water partition coefficient (Wildman–Crippen LogP) is 4.86. The second kappa shape index (κ2) is 10.5. The molecule has 0 unspecified atom stereocenters. The number of carbonyl (C=O) groups excluding carboxylic acids is 1. The van der Waals surface area contributed by atoms with Crippen LogP contribution in [0.15, 0.2) is 65.6 Å². The Bertz CT molecular complexity index is 1480. The third-order valence-electron chi connectivity index (χ3n) is 5.41. The standard InChI is InChI=1S/C25H28ClN3O5S2/c1-16-12-17(2)14-22(13-16)29(35(5,31)32)19(4)25(30)27-20-8-10-23(11-9-20)36(33,34)28-21-7-6-18(3)24(26)15-21/h6-15,19,28H,1-5H3,(H,27,30)/t19-/m1/s1. The maximum absolute atomic E-state index is 13.0. The van der Waals surface area contributed by atoms with Crippen molar-refractivity contribution in [3.8, 4) is 0 Å². The van der Waals surface area contributed by atoms with Gasteiger partial charge in [0, 0.05) is 10.7 Å². The second-order valence-electron chi connectivity index (χ2n) is 8.66. The van der Waals surface area contributed by atoms with Gasteiger partial charge in [-0.2, -0.15) is 0 Å². The number of nitrogens with zero attached hydrogens (tertiary/aromatic N) is 1. The van der Waals surface area contributed by atoms with Crippen molar-refractivity contribution < 1.29 is 21.6 Å². The number of amides is 1. The first-order chi connectivity index (χ1) is 16.7. The van der Waals surface area contributed by atoms with E-state index in [1.54, 1.807) is 24.3 Å². The fourth-order valence-electron chi connectivity index (χ4n) is 3.72. The van der Waals surface area contributed by atoms with Gasteiger partial charge in [-0.25, -0.2) is 16.8 Å². The molecule has 0 saturated carbocycles. The summed E-state index contributed by atoms with van der Waals surface area (Å²) in [6.45, 7) is 6.99. The summed E-state index contributed by atoms with van der Waals surface area (Å²) in [6.07, 6.45) is 1.04. The SMILES string of the molecule is Cc1cc(C)cc(N([C@H](C)C(=O)Nc2ccc(S(=O)(=O)Nc3ccc(C)c(Cl)c3)cc2)S(C)(=O)=O)c1. The van der Waals surface area contributed by atoms with Gasteiger partial charge in [0.15, 0.2) is 0 Å². The van der Waals surface area contributed by atoms with Crippen molar-refractivity contribution in [2.24, 2.45) is 0 Å². The summed E-state index contributed by atoms with van der Waals surface area (Å²) >= 11 is 6.07. The van der Waals surface area contributed by atoms with E-state index >= 15 is 0 Å². The zero-order valence-electron chi connectivity index (χ0n) is 20.5. The third kappa shape index (κ3) is 6.57. The number of hydrogen-bond acceptors (Lipinski definition) is 5. The molecule has 1 amide bonds. The minimum absolute atomic E-state index is 0.0155. The molecule has 0 aliphatic heterocycles. The van der Waals surface area contributed by atoms with Gasteiger partial charge >= 0.3 is 0 Å². The summed E-state index contributed by atoms with van der Waals surface area (Å²) in [5, 5.41) is 3.09. The lowest BCUT2D eigenvalue weighted by atomic mass is 10.1. The van der Waals surface area contributed by atoms with Crippen molar-refractivity contribution >= 4 is 54.6 Å². The van der Waals surface area contributed by atoms with E-state index in [2.05, 4.69) is 10.0 Å². The van der Waals surface area contributed by atoms with Crippen LogP contribution in [0.2, 0.25) is 5.02 Å².